The van der Waals surface area contributed by atoms with Gasteiger partial charge in [0.2, 0.25) is 5.95 Å². The predicted molar refractivity (Wildman–Crippen MR) is 111 cm³/mol. The molecule has 1 atom stereocenters. The van der Waals surface area contributed by atoms with E-state index in [0.29, 0.717) is 22.2 Å². The first-order valence-corrected chi connectivity index (χ1v) is 9.51. The summed E-state index contributed by atoms with van der Waals surface area (Å²) in [5, 5.41) is 19.2. The number of carbonyl (C=O) groups is 1. The molecule has 2 N–H and O–H groups in total. The lowest BCUT2D eigenvalue weighted by atomic mass is 10.1. The van der Waals surface area contributed by atoms with Gasteiger partial charge in [0.05, 0.1) is 34.9 Å². The first-order chi connectivity index (χ1) is 14.0. The highest BCUT2D eigenvalue weighted by molar-refractivity contribution is 6.32. The molecular weight excluding hydrogens is 390 g/mol. The van der Waals surface area contributed by atoms with Crippen LogP contribution in [0.1, 0.15) is 30.6 Å². The topological polar surface area (TPSA) is 109 Å². The summed E-state index contributed by atoms with van der Waals surface area (Å²) in [6.07, 6.45) is 6.11. The molecule has 2 aromatic heterocycles. The van der Waals surface area contributed by atoms with E-state index in [1.165, 1.54) is 6.20 Å². The van der Waals surface area contributed by atoms with E-state index in [0.717, 1.165) is 24.2 Å². The van der Waals surface area contributed by atoms with Gasteiger partial charge in [-0.25, -0.2) is 9.97 Å². The Hall–Kier alpha value is -3.44. The summed E-state index contributed by atoms with van der Waals surface area (Å²) in [5.41, 5.74) is 2.52. The van der Waals surface area contributed by atoms with Gasteiger partial charge in [-0.3, -0.25) is 9.48 Å². The van der Waals surface area contributed by atoms with Crippen LogP contribution in [0.3, 0.4) is 0 Å². The van der Waals surface area contributed by atoms with E-state index in [-0.39, 0.29) is 5.91 Å². The zero-order valence-electron chi connectivity index (χ0n) is 16.1. The number of benzene rings is 1. The van der Waals surface area contributed by atoms with Crippen LogP contribution in [0, 0.1) is 11.3 Å². The minimum Gasteiger partial charge on any atom is -0.337 e. The van der Waals surface area contributed by atoms with Crippen LogP contribution in [0.5, 0.6) is 0 Å². The maximum absolute atomic E-state index is 12.1. The Morgan fingerprint density at radius 1 is 1.31 bits per heavy atom. The molecule has 0 saturated heterocycles. The fraction of sp³-hybridized carbons (Fsp3) is 0.250. The first-order valence-electron chi connectivity index (χ1n) is 9.13. The maximum Gasteiger partial charge on any atom is 0.252 e. The van der Waals surface area contributed by atoms with E-state index >= 15 is 0 Å². The lowest BCUT2D eigenvalue weighted by molar-refractivity contribution is 0.0948. The van der Waals surface area contributed by atoms with Gasteiger partial charge in [0, 0.05) is 23.9 Å². The van der Waals surface area contributed by atoms with Crippen LogP contribution in [0.15, 0.2) is 42.9 Å². The number of rotatable bonds is 7. The summed E-state index contributed by atoms with van der Waals surface area (Å²) >= 11 is 6.28. The third-order valence-electron chi connectivity index (χ3n) is 4.05. The Kier molecular flexibility index (Phi) is 6.42. The van der Waals surface area contributed by atoms with Crippen molar-refractivity contribution in [3.05, 3.63) is 53.4 Å². The molecule has 1 amide bonds. The zero-order valence-corrected chi connectivity index (χ0v) is 16.8. The number of halogens is 1. The highest BCUT2D eigenvalue weighted by atomic mass is 35.5. The monoisotopic (exact) mass is 409 g/mol. The highest BCUT2D eigenvalue weighted by Gasteiger charge is 2.12. The number of carbonyl (C=O) groups excluding carboxylic acids is 1. The van der Waals surface area contributed by atoms with Crippen LogP contribution < -0.4 is 10.6 Å². The van der Waals surface area contributed by atoms with Gasteiger partial charge in [0.25, 0.3) is 5.91 Å². The number of anilines is 2. The number of nitrogens with zero attached hydrogens (tertiary/aromatic N) is 5. The molecular formula is C20H20ClN7O. The van der Waals surface area contributed by atoms with Gasteiger partial charge in [-0.1, -0.05) is 30.7 Å². The fourth-order valence-electron chi connectivity index (χ4n) is 2.63. The zero-order chi connectivity index (χ0) is 20.8. The average Bonchev–Trinajstić information content (AvgIpc) is 3.16. The molecule has 0 radical (unpaired) electrons. The van der Waals surface area contributed by atoms with Crippen molar-refractivity contribution in [2.75, 3.05) is 5.32 Å². The standard InChI is InChI=1S/C20H20ClN7O/c1-3-8-28-12-16(10-24-28)26-20-23-11-17(21)18(27-20)14-4-6-15(7-5-14)19(29)25-13(2)9-22/h4-7,10-13H,3,8H2,1-2H3,(H,25,29)(H,23,26,27). The van der Waals surface area contributed by atoms with Crippen molar-refractivity contribution in [2.45, 2.75) is 32.9 Å². The molecule has 2 heterocycles. The number of aromatic nitrogens is 4. The van der Waals surface area contributed by atoms with Crippen molar-refractivity contribution in [3.63, 3.8) is 0 Å². The van der Waals surface area contributed by atoms with E-state index in [9.17, 15) is 4.79 Å². The van der Waals surface area contributed by atoms with Crippen molar-refractivity contribution in [1.82, 2.24) is 25.1 Å². The van der Waals surface area contributed by atoms with Gasteiger partial charge in [0.15, 0.2) is 0 Å². The Labute approximate surface area is 173 Å². The number of amides is 1. The van der Waals surface area contributed by atoms with Crippen LogP contribution in [0.25, 0.3) is 11.3 Å². The Balaban J connectivity index is 1.78. The molecule has 1 unspecified atom stereocenters. The van der Waals surface area contributed by atoms with Gasteiger partial charge in [-0.2, -0.15) is 10.4 Å². The number of hydrogen-bond acceptors (Lipinski definition) is 6. The summed E-state index contributed by atoms with van der Waals surface area (Å²) in [5.74, 6) is 0.0796. The minimum absolute atomic E-state index is 0.314. The number of nitrogens with one attached hydrogen (secondary N) is 2. The molecule has 0 spiro atoms. The number of hydrogen-bond donors (Lipinski definition) is 2. The molecule has 0 fully saturated rings. The highest BCUT2D eigenvalue weighted by Crippen LogP contribution is 2.27. The second-order valence-electron chi connectivity index (χ2n) is 6.41. The molecule has 1 aromatic carbocycles. The number of nitriles is 1. The van der Waals surface area contributed by atoms with Crippen molar-refractivity contribution in [2.24, 2.45) is 0 Å². The van der Waals surface area contributed by atoms with Crippen LogP contribution in [-0.4, -0.2) is 31.7 Å². The molecule has 8 nitrogen and oxygen atoms in total. The summed E-state index contributed by atoms with van der Waals surface area (Å²) in [6.45, 7) is 4.54. The third kappa shape index (κ3) is 5.09. The van der Waals surface area contributed by atoms with Crippen molar-refractivity contribution >= 4 is 29.1 Å². The average molecular weight is 410 g/mol. The summed E-state index contributed by atoms with van der Waals surface area (Å²) in [4.78, 5) is 20.8. The van der Waals surface area contributed by atoms with Gasteiger partial charge in [-0.05, 0) is 25.5 Å². The second kappa shape index (κ2) is 9.17. The molecule has 0 bridgehead atoms. The lowest BCUT2D eigenvalue weighted by Crippen LogP contribution is -2.31. The number of aryl methyl sites for hydroxylation is 1. The van der Waals surface area contributed by atoms with Crippen LogP contribution in [0.4, 0.5) is 11.6 Å². The van der Waals surface area contributed by atoms with Crippen molar-refractivity contribution in [1.29, 1.82) is 5.26 Å². The molecule has 29 heavy (non-hydrogen) atoms. The Bertz CT molecular complexity index is 1040. The molecule has 148 valence electrons. The van der Waals surface area contributed by atoms with Gasteiger partial charge in [0.1, 0.15) is 6.04 Å². The third-order valence-corrected chi connectivity index (χ3v) is 4.32. The Morgan fingerprint density at radius 3 is 2.76 bits per heavy atom. The van der Waals surface area contributed by atoms with E-state index in [1.54, 1.807) is 37.4 Å². The minimum atomic E-state index is -0.561. The summed E-state index contributed by atoms with van der Waals surface area (Å²) < 4.78 is 1.84. The van der Waals surface area contributed by atoms with Crippen LogP contribution >= 0.6 is 11.6 Å². The lowest BCUT2D eigenvalue weighted by Gasteiger charge is -2.09. The molecule has 9 heteroatoms. The molecule has 0 saturated carbocycles. The first kappa shape index (κ1) is 20.3. The molecule has 0 aliphatic rings. The largest absolute Gasteiger partial charge is 0.337 e. The molecule has 3 aromatic rings. The molecule has 3 rings (SSSR count). The normalized spacial score (nSPS) is 11.5. The maximum atomic E-state index is 12.1. The van der Waals surface area contributed by atoms with Gasteiger partial charge >= 0.3 is 0 Å². The van der Waals surface area contributed by atoms with Crippen molar-refractivity contribution in [3.8, 4) is 17.3 Å². The van der Waals surface area contributed by atoms with Crippen molar-refractivity contribution < 1.29 is 4.79 Å². The Morgan fingerprint density at radius 2 is 2.07 bits per heavy atom. The van der Waals surface area contributed by atoms with Crippen LogP contribution in [0.2, 0.25) is 5.02 Å². The van der Waals surface area contributed by atoms with Gasteiger partial charge < -0.3 is 10.6 Å². The predicted octanol–water partition coefficient (Wildman–Crippen LogP) is 3.79. The van der Waals surface area contributed by atoms with E-state index < -0.39 is 6.04 Å². The summed E-state index contributed by atoms with van der Waals surface area (Å²) in [7, 11) is 0. The van der Waals surface area contributed by atoms with E-state index in [1.807, 2.05) is 16.9 Å². The van der Waals surface area contributed by atoms with Gasteiger partial charge in [-0.15, -0.1) is 0 Å². The summed E-state index contributed by atoms with van der Waals surface area (Å²) in [6, 6.07) is 8.23. The molecule has 0 aliphatic heterocycles. The second-order valence-corrected chi connectivity index (χ2v) is 6.82. The van der Waals surface area contributed by atoms with Crippen LogP contribution in [-0.2, 0) is 6.54 Å². The SMILES string of the molecule is CCCn1cc(Nc2ncc(Cl)c(-c3ccc(C(=O)NC(C)C#N)cc3)n2)cn1. The quantitative estimate of drug-likeness (QED) is 0.614. The van der Waals surface area contributed by atoms with E-state index in [2.05, 4.69) is 32.6 Å². The molecule has 0 aliphatic carbocycles. The van der Waals surface area contributed by atoms with E-state index in [4.69, 9.17) is 16.9 Å². The smallest absolute Gasteiger partial charge is 0.252 e. The fourth-order valence-corrected chi connectivity index (χ4v) is 2.83.